The number of thiocarbonyl (C=S) groups is 1. The Morgan fingerprint density at radius 3 is 2.63 bits per heavy atom. The number of ether oxygens (including phenoxy) is 1. The summed E-state index contributed by atoms with van der Waals surface area (Å²) in [6.07, 6.45) is 1.28. The van der Waals surface area contributed by atoms with Crippen molar-refractivity contribution in [2.45, 2.75) is 19.8 Å². The van der Waals surface area contributed by atoms with Crippen molar-refractivity contribution in [2.75, 3.05) is 25.1 Å². The van der Waals surface area contributed by atoms with Crippen LogP contribution in [0.4, 0.5) is 5.69 Å². The van der Waals surface area contributed by atoms with E-state index in [1.54, 1.807) is 42.5 Å². The predicted molar refractivity (Wildman–Crippen MR) is 124 cm³/mol. The molecule has 0 radical (unpaired) electrons. The van der Waals surface area contributed by atoms with E-state index in [0.717, 1.165) is 10.9 Å². The van der Waals surface area contributed by atoms with Gasteiger partial charge in [0, 0.05) is 17.6 Å². The minimum absolute atomic E-state index is 0.00411. The van der Waals surface area contributed by atoms with Gasteiger partial charge in [-0.2, -0.15) is 0 Å². The van der Waals surface area contributed by atoms with Gasteiger partial charge in [0.2, 0.25) is 0 Å². The van der Waals surface area contributed by atoms with E-state index in [9.17, 15) is 9.59 Å². The van der Waals surface area contributed by atoms with E-state index in [4.69, 9.17) is 22.1 Å². The lowest BCUT2D eigenvalue weighted by Crippen LogP contribution is -2.35. The van der Waals surface area contributed by atoms with Gasteiger partial charge >= 0.3 is 0 Å². The molecule has 0 fully saturated rings. The minimum atomic E-state index is -0.426. The quantitative estimate of drug-likeness (QED) is 0.315. The Morgan fingerprint density at radius 1 is 1.13 bits per heavy atom. The third kappa shape index (κ3) is 7.08. The zero-order chi connectivity index (χ0) is 21.9. The smallest absolute Gasteiger partial charge is 0.261 e. The van der Waals surface area contributed by atoms with E-state index in [1.165, 1.54) is 0 Å². The number of carbonyl (C=O) groups is 2. The van der Waals surface area contributed by atoms with Crippen LogP contribution >= 0.6 is 28.1 Å². The van der Waals surface area contributed by atoms with Crippen LogP contribution in [0.25, 0.3) is 0 Å². The van der Waals surface area contributed by atoms with Gasteiger partial charge in [-0.15, -0.1) is 0 Å². The summed E-state index contributed by atoms with van der Waals surface area (Å²) < 4.78 is 6.38. The number of benzene rings is 2. The van der Waals surface area contributed by atoms with Gasteiger partial charge in [-0.1, -0.05) is 35.0 Å². The molecule has 2 aromatic carbocycles. The van der Waals surface area contributed by atoms with Crippen molar-refractivity contribution in [1.29, 1.82) is 0 Å². The SMILES string of the molecule is CCCOc1ccc(Br)cc1C(=O)NC(=S)Nc1ccccc1C(=O)NCCCO. The molecule has 0 spiro atoms. The minimum Gasteiger partial charge on any atom is -0.493 e. The van der Waals surface area contributed by atoms with Crippen molar-refractivity contribution < 1.29 is 19.4 Å². The Kier molecular flexibility index (Phi) is 9.72. The van der Waals surface area contributed by atoms with Crippen LogP contribution in [0.2, 0.25) is 0 Å². The Bertz CT molecular complexity index is 908. The summed E-state index contributed by atoms with van der Waals surface area (Å²) >= 11 is 8.63. The molecule has 0 heterocycles. The number of amides is 2. The molecule has 0 aliphatic heterocycles. The van der Waals surface area contributed by atoms with Gasteiger partial charge in [-0.05, 0) is 55.4 Å². The van der Waals surface area contributed by atoms with Crippen molar-refractivity contribution >= 4 is 50.8 Å². The lowest BCUT2D eigenvalue weighted by Gasteiger charge is -2.15. The monoisotopic (exact) mass is 493 g/mol. The number of halogens is 1. The van der Waals surface area contributed by atoms with Crippen molar-refractivity contribution in [1.82, 2.24) is 10.6 Å². The maximum absolute atomic E-state index is 12.7. The Hall–Kier alpha value is -2.49. The lowest BCUT2D eigenvalue weighted by atomic mass is 10.1. The summed E-state index contributed by atoms with van der Waals surface area (Å²) in [5.74, 6) is -0.267. The van der Waals surface area contributed by atoms with Gasteiger partial charge in [-0.3, -0.25) is 14.9 Å². The topological polar surface area (TPSA) is 99.7 Å². The molecule has 7 nitrogen and oxygen atoms in total. The highest BCUT2D eigenvalue weighted by Crippen LogP contribution is 2.23. The van der Waals surface area contributed by atoms with E-state index < -0.39 is 5.91 Å². The summed E-state index contributed by atoms with van der Waals surface area (Å²) in [6.45, 7) is 2.82. The number of nitrogens with one attached hydrogen (secondary N) is 3. The zero-order valence-corrected chi connectivity index (χ0v) is 18.9. The van der Waals surface area contributed by atoms with Crippen LogP contribution in [-0.2, 0) is 0 Å². The van der Waals surface area contributed by atoms with E-state index in [0.29, 0.717) is 42.1 Å². The largest absolute Gasteiger partial charge is 0.493 e. The predicted octanol–water partition coefficient (Wildman–Crippen LogP) is 3.48. The molecular formula is C21H24BrN3O4S. The Morgan fingerprint density at radius 2 is 1.90 bits per heavy atom. The number of aliphatic hydroxyl groups is 1. The fourth-order valence-electron chi connectivity index (χ4n) is 2.51. The molecule has 0 aliphatic carbocycles. The normalized spacial score (nSPS) is 10.2. The highest BCUT2D eigenvalue weighted by Gasteiger charge is 2.16. The zero-order valence-electron chi connectivity index (χ0n) is 16.5. The molecule has 0 unspecified atom stereocenters. The molecule has 9 heteroatoms. The van der Waals surface area contributed by atoms with Gasteiger partial charge in [0.15, 0.2) is 5.11 Å². The highest BCUT2D eigenvalue weighted by atomic mass is 79.9. The molecule has 0 atom stereocenters. The number of para-hydroxylation sites is 1. The number of carbonyl (C=O) groups excluding carboxylic acids is 2. The number of anilines is 1. The molecule has 0 aliphatic rings. The lowest BCUT2D eigenvalue weighted by molar-refractivity contribution is 0.0949. The average Bonchev–Trinajstić information content (AvgIpc) is 2.73. The molecule has 0 aromatic heterocycles. The molecule has 4 N–H and O–H groups in total. The number of hydrogen-bond donors (Lipinski definition) is 4. The van der Waals surface area contributed by atoms with Crippen molar-refractivity contribution in [2.24, 2.45) is 0 Å². The summed E-state index contributed by atoms with van der Waals surface area (Å²) in [5, 5.41) is 17.1. The van der Waals surface area contributed by atoms with Crippen molar-refractivity contribution in [3.8, 4) is 5.75 Å². The van der Waals surface area contributed by atoms with Crippen LogP contribution in [0.15, 0.2) is 46.9 Å². The van der Waals surface area contributed by atoms with Gasteiger partial charge < -0.3 is 20.5 Å². The molecule has 2 amide bonds. The molecule has 2 rings (SSSR count). The second-order valence-electron chi connectivity index (χ2n) is 6.28. The van der Waals surface area contributed by atoms with Crippen LogP contribution < -0.4 is 20.7 Å². The van der Waals surface area contributed by atoms with Gasteiger partial charge in [0.1, 0.15) is 5.75 Å². The second-order valence-corrected chi connectivity index (χ2v) is 7.60. The third-order valence-electron chi connectivity index (χ3n) is 3.92. The maximum Gasteiger partial charge on any atom is 0.261 e. The second kappa shape index (κ2) is 12.3. The maximum atomic E-state index is 12.7. The summed E-state index contributed by atoms with van der Waals surface area (Å²) in [7, 11) is 0. The third-order valence-corrected chi connectivity index (χ3v) is 4.61. The van der Waals surface area contributed by atoms with E-state index in [2.05, 4.69) is 31.9 Å². The van der Waals surface area contributed by atoms with Crippen molar-refractivity contribution in [3.05, 3.63) is 58.1 Å². The first-order valence-electron chi connectivity index (χ1n) is 9.49. The molecular weight excluding hydrogens is 470 g/mol. The first-order chi connectivity index (χ1) is 14.5. The van der Waals surface area contributed by atoms with Crippen LogP contribution in [0.5, 0.6) is 5.75 Å². The fourth-order valence-corrected chi connectivity index (χ4v) is 3.07. The molecule has 0 saturated carbocycles. The molecule has 2 aromatic rings. The van der Waals surface area contributed by atoms with Gasteiger partial charge in [-0.25, -0.2) is 0 Å². The van der Waals surface area contributed by atoms with Gasteiger partial charge in [0.05, 0.1) is 23.4 Å². The van der Waals surface area contributed by atoms with Gasteiger partial charge in [0.25, 0.3) is 11.8 Å². The molecule has 0 bridgehead atoms. The van der Waals surface area contributed by atoms with Crippen molar-refractivity contribution in [3.63, 3.8) is 0 Å². The summed E-state index contributed by atoms with van der Waals surface area (Å²) in [4.78, 5) is 25.1. The first-order valence-corrected chi connectivity index (χ1v) is 10.7. The Labute approximate surface area is 189 Å². The van der Waals surface area contributed by atoms with Crippen LogP contribution in [0.3, 0.4) is 0 Å². The molecule has 160 valence electrons. The first kappa shape index (κ1) is 23.8. The fraction of sp³-hybridized carbons (Fsp3) is 0.286. The number of rotatable bonds is 9. The van der Waals surface area contributed by atoms with E-state index >= 15 is 0 Å². The average molecular weight is 494 g/mol. The highest BCUT2D eigenvalue weighted by molar-refractivity contribution is 9.10. The van der Waals surface area contributed by atoms with Crippen LogP contribution in [0.1, 0.15) is 40.5 Å². The molecule has 0 saturated heterocycles. The van der Waals surface area contributed by atoms with E-state index in [1.807, 2.05) is 6.92 Å². The standard InChI is InChI=1S/C21H24BrN3O4S/c1-2-12-29-18-9-8-14(22)13-16(18)20(28)25-21(30)24-17-7-4-3-6-15(17)19(27)23-10-5-11-26/h3-4,6-9,13,26H,2,5,10-12H2,1H3,(H,23,27)(H2,24,25,28,30). The van der Waals surface area contributed by atoms with Crippen LogP contribution in [-0.4, -0.2) is 41.8 Å². The van der Waals surface area contributed by atoms with Crippen LogP contribution in [0, 0.1) is 0 Å². The summed E-state index contributed by atoms with van der Waals surface area (Å²) in [6, 6.07) is 12.0. The Balaban J connectivity index is 2.09. The number of hydrogen-bond acceptors (Lipinski definition) is 5. The number of aliphatic hydroxyl groups excluding tert-OH is 1. The summed E-state index contributed by atoms with van der Waals surface area (Å²) in [5.41, 5.74) is 1.18. The van der Waals surface area contributed by atoms with E-state index in [-0.39, 0.29) is 17.6 Å². The molecule has 30 heavy (non-hydrogen) atoms.